The van der Waals surface area contributed by atoms with Gasteiger partial charge < -0.3 is 10.2 Å². The van der Waals surface area contributed by atoms with Crippen molar-refractivity contribution in [1.82, 2.24) is 9.71 Å². The average molecular weight is 477 g/mol. The molecule has 0 amide bonds. The van der Waals surface area contributed by atoms with Crippen LogP contribution in [-0.2, 0) is 10.0 Å². The normalized spacial score (nSPS) is 19.1. The number of pyridine rings is 1. The number of aryl methyl sites for hydroxylation is 1. The molecule has 2 aromatic rings. The maximum Gasteiger partial charge on any atom is 0.240 e. The van der Waals surface area contributed by atoms with Crippen LogP contribution in [0.3, 0.4) is 0 Å². The van der Waals surface area contributed by atoms with Crippen LogP contribution >= 0.6 is 24.0 Å². The fraction of sp³-hybridized carbons (Fsp3) is 0.450. The Morgan fingerprint density at radius 3 is 2.37 bits per heavy atom. The van der Waals surface area contributed by atoms with Gasteiger partial charge in [0.05, 0.1) is 9.92 Å². The van der Waals surface area contributed by atoms with Crippen molar-refractivity contribution in [2.24, 2.45) is 0 Å². The molecule has 1 aliphatic carbocycles. The van der Waals surface area contributed by atoms with Gasteiger partial charge in [-0.2, -0.15) is 0 Å². The number of nitrogens with zero attached hydrogens (tertiary/aromatic N) is 2. The van der Waals surface area contributed by atoms with E-state index in [4.69, 9.17) is 11.6 Å². The summed E-state index contributed by atoms with van der Waals surface area (Å²) in [6.07, 6.45) is 4.91. The van der Waals surface area contributed by atoms with Crippen molar-refractivity contribution >= 4 is 45.5 Å². The zero-order valence-corrected chi connectivity index (χ0v) is 19.5. The Labute approximate surface area is 188 Å². The van der Waals surface area contributed by atoms with E-state index in [2.05, 4.69) is 19.9 Å². The molecule has 1 saturated carbocycles. The maximum atomic E-state index is 13.3. The Balaban J connectivity index is 0.00000320. The predicted octanol–water partition coefficient (Wildman–Crippen LogP) is 4.37. The van der Waals surface area contributed by atoms with E-state index in [1.165, 1.54) is 6.07 Å². The van der Waals surface area contributed by atoms with Crippen LogP contribution in [0.4, 0.5) is 15.9 Å². The highest BCUT2D eigenvalue weighted by atomic mass is 35.5. The van der Waals surface area contributed by atoms with Gasteiger partial charge in [0.15, 0.2) is 0 Å². The van der Waals surface area contributed by atoms with E-state index >= 15 is 0 Å². The van der Waals surface area contributed by atoms with Crippen LogP contribution in [0.15, 0.2) is 35.4 Å². The quantitative estimate of drug-likeness (QED) is 0.647. The summed E-state index contributed by atoms with van der Waals surface area (Å²) in [6.45, 7) is 2.03. The number of anilines is 2. The van der Waals surface area contributed by atoms with Gasteiger partial charge in [0.25, 0.3) is 0 Å². The molecule has 0 saturated heterocycles. The molecule has 3 rings (SSSR count). The van der Waals surface area contributed by atoms with Gasteiger partial charge in [0, 0.05) is 44.1 Å². The highest BCUT2D eigenvalue weighted by Gasteiger charge is 2.26. The van der Waals surface area contributed by atoms with E-state index < -0.39 is 15.8 Å². The Bertz CT molecular complexity index is 981. The number of halogens is 3. The first-order valence-corrected chi connectivity index (χ1v) is 11.4. The molecule has 1 aliphatic rings. The minimum absolute atomic E-state index is 0. The number of sulfonamides is 1. The second-order valence-corrected chi connectivity index (χ2v) is 9.76. The van der Waals surface area contributed by atoms with E-state index in [0.29, 0.717) is 12.8 Å². The second-order valence-electron chi connectivity index (χ2n) is 7.64. The summed E-state index contributed by atoms with van der Waals surface area (Å²) in [6, 6.07) is 5.53. The number of aromatic nitrogens is 1. The van der Waals surface area contributed by atoms with Crippen LogP contribution in [0, 0.1) is 12.7 Å². The molecular formula is C20H27Cl2FN4O2S. The van der Waals surface area contributed by atoms with Crippen LogP contribution in [-0.4, -0.2) is 39.6 Å². The maximum absolute atomic E-state index is 13.3. The lowest BCUT2D eigenvalue weighted by molar-refractivity contribution is 0.387. The molecule has 1 heterocycles. The third-order valence-corrected chi connectivity index (χ3v) is 6.97. The number of hydrogen-bond donors (Lipinski definition) is 2. The van der Waals surface area contributed by atoms with Gasteiger partial charge in [-0.05, 0) is 56.4 Å². The summed E-state index contributed by atoms with van der Waals surface area (Å²) in [5.41, 5.74) is 2.22. The minimum Gasteiger partial charge on any atom is -0.377 e. The highest BCUT2D eigenvalue weighted by molar-refractivity contribution is 7.89. The van der Waals surface area contributed by atoms with Crippen LogP contribution in [0.25, 0.3) is 0 Å². The predicted molar refractivity (Wildman–Crippen MR) is 122 cm³/mol. The number of rotatable bonds is 6. The molecule has 166 valence electrons. The van der Waals surface area contributed by atoms with Crippen LogP contribution in [0.5, 0.6) is 0 Å². The molecule has 1 aromatic heterocycles. The summed E-state index contributed by atoms with van der Waals surface area (Å²) in [5, 5.41) is 3.25. The first-order chi connectivity index (χ1) is 13.7. The van der Waals surface area contributed by atoms with Gasteiger partial charge in [0.1, 0.15) is 11.6 Å². The average Bonchev–Trinajstić information content (AvgIpc) is 2.66. The fourth-order valence-corrected chi connectivity index (χ4v) is 5.15. The van der Waals surface area contributed by atoms with Crippen molar-refractivity contribution in [3.05, 3.63) is 46.9 Å². The lowest BCUT2D eigenvalue weighted by atomic mass is 9.92. The van der Waals surface area contributed by atoms with E-state index in [0.717, 1.165) is 42.0 Å². The van der Waals surface area contributed by atoms with Gasteiger partial charge in [-0.25, -0.2) is 22.5 Å². The molecule has 0 bridgehead atoms. The van der Waals surface area contributed by atoms with Crippen molar-refractivity contribution in [3.63, 3.8) is 0 Å². The zero-order chi connectivity index (χ0) is 21.2. The Morgan fingerprint density at radius 2 is 1.77 bits per heavy atom. The summed E-state index contributed by atoms with van der Waals surface area (Å²) < 4.78 is 41.1. The first-order valence-electron chi connectivity index (χ1n) is 9.53. The third kappa shape index (κ3) is 5.97. The van der Waals surface area contributed by atoms with E-state index in [9.17, 15) is 12.8 Å². The number of nitrogens with one attached hydrogen (secondary N) is 2. The Hall–Kier alpha value is -1.61. The van der Waals surface area contributed by atoms with Crippen molar-refractivity contribution in [2.45, 2.75) is 49.6 Å². The standard InChI is InChI=1S/C20H26ClFN4O2S.ClH/c1-13-12-23-20(11-19(13)26(2)3)24-14-4-6-15(7-5-14)25-29(27,28)16-8-9-18(22)17(21)10-16;/h8-12,14-15,25H,4-7H2,1-3H3,(H,23,24);1H. The Kier molecular flexibility index (Phi) is 8.33. The molecular weight excluding hydrogens is 450 g/mol. The van der Waals surface area contributed by atoms with Gasteiger partial charge in [0.2, 0.25) is 10.0 Å². The topological polar surface area (TPSA) is 74.3 Å². The lowest BCUT2D eigenvalue weighted by Crippen LogP contribution is -2.40. The molecule has 2 N–H and O–H groups in total. The molecule has 0 unspecified atom stereocenters. The van der Waals surface area contributed by atoms with Gasteiger partial charge >= 0.3 is 0 Å². The van der Waals surface area contributed by atoms with E-state index in [1.54, 1.807) is 0 Å². The summed E-state index contributed by atoms with van der Waals surface area (Å²) in [7, 11) is 0.261. The third-order valence-electron chi connectivity index (χ3n) is 5.16. The molecule has 6 nitrogen and oxygen atoms in total. The van der Waals surface area contributed by atoms with E-state index in [-0.39, 0.29) is 34.4 Å². The van der Waals surface area contributed by atoms with Crippen molar-refractivity contribution in [1.29, 1.82) is 0 Å². The molecule has 0 spiro atoms. The first kappa shape index (κ1) is 24.7. The summed E-state index contributed by atoms with van der Waals surface area (Å²) in [4.78, 5) is 6.48. The van der Waals surface area contributed by atoms with Crippen LogP contribution < -0.4 is 14.9 Å². The monoisotopic (exact) mass is 476 g/mol. The van der Waals surface area contributed by atoms with Crippen molar-refractivity contribution < 1.29 is 12.8 Å². The van der Waals surface area contributed by atoms with Crippen molar-refractivity contribution in [2.75, 3.05) is 24.3 Å². The lowest BCUT2D eigenvalue weighted by Gasteiger charge is -2.30. The number of benzene rings is 1. The van der Waals surface area contributed by atoms with Crippen LogP contribution in [0.2, 0.25) is 5.02 Å². The zero-order valence-electron chi connectivity index (χ0n) is 17.2. The van der Waals surface area contributed by atoms with E-state index in [1.807, 2.05) is 33.3 Å². The SMILES string of the molecule is Cc1cnc(NC2CCC(NS(=O)(=O)c3ccc(F)c(Cl)c3)CC2)cc1N(C)C.Cl. The van der Waals surface area contributed by atoms with Gasteiger partial charge in [-0.3, -0.25) is 0 Å². The fourth-order valence-electron chi connectivity index (χ4n) is 3.57. The van der Waals surface area contributed by atoms with Crippen molar-refractivity contribution in [3.8, 4) is 0 Å². The summed E-state index contributed by atoms with van der Waals surface area (Å²) >= 11 is 5.71. The minimum atomic E-state index is -3.73. The molecule has 0 atom stereocenters. The highest BCUT2D eigenvalue weighted by Crippen LogP contribution is 2.26. The molecule has 10 heteroatoms. The summed E-state index contributed by atoms with van der Waals surface area (Å²) in [5.74, 6) is 0.184. The molecule has 30 heavy (non-hydrogen) atoms. The largest absolute Gasteiger partial charge is 0.377 e. The van der Waals surface area contributed by atoms with Gasteiger partial charge in [-0.15, -0.1) is 12.4 Å². The number of hydrogen-bond acceptors (Lipinski definition) is 5. The smallest absolute Gasteiger partial charge is 0.240 e. The molecule has 1 aromatic carbocycles. The van der Waals surface area contributed by atoms with Gasteiger partial charge in [-0.1, -0.05) is 11.6 Å². The van der Waals surface area contributed by atoms with Crippen LogP contribution in [0.1, 0.15) is 31.2 Å². The molecule has 1 fully saturated rings. The Morgan fingerprint density at radius 1 is 1.13 bits per heavy atom. The second kappa shape index (κ2) is 10.1. The molecule has 0 aliphatic heterocycles. The molecule has 0 radical (unpaired) electrons.